The Morgan fingerprint density at radius 1 is 1.24 bits per heavy atom. The standard InChI is InChI=1S/C13H9F2N3O3/c14-13(15)20-10-2-1-7(5-11(10)21-13)18-12(19)8-6-17-4-3-9(8)16/h1-6H,(H2,16,17)(H,18,19). The van der Waals surface area contributed by atoms with Crippen molar-refractivity contribution in [2.45, 2.75) is 6.29 Å². The first-order chi connectivity index (χ1) is 9.94. The number of hydrogen-bond donors (Lipinski definition) is 2. The highest BCUT2D eigenvalue weighted by Crippen LogP contribution is 2.42. The molecular formula is C13H9F2N3O3. The van der Waals surface area contributed by atoms with E-state index >= 15 is 0 Å². The molecule has 0 aliphatic carbocycles. The zero-order valence-electron chi connectivity index (χ0n) is 10.5. The molecule has 6 nitrogen and oxygen atoms in total. The first kappa shape index (κ1) is 13.1. The van der Waals surface area contributed by atoms with Gasteiger partial charge in [-0.1, -0.05) is 0 Å². The Morgan fingerprint density at radius 3 is 2.76 bits per heavy atom. The monoisotopic (exact) mass is 293 g/mol. The van der Waals surface area contributed by atoms with Gasteiger partial charge in [0.05, 0.1) is 5.56 Å². The topological polar surface area (TPSA) is 86.5 Å². The molecule has 0 spiro atoms. The molecule has 2 heterocycles. The van der Waals surface area contributed by atoms with Crippen molar-refractivity contribution in [1.82, 2.24) is 4.98 Å². The molecule has 0 saturated carbocycles. The van der Waals surface area contributed by atoms with Crippen molar-refractivity contribution in [3.8, 4) is 11.5 Å². The van der Waals surface area contributed by atoms with Gasteiger partial charge in [0.25, 0.3) is 5.91 Å². The second-order valence-electron chi connectivity index (χ2n) is 4.25. The van der Waals surface area contributed by atoms with Crippen LogP contribution in [0, 0.1) is 0 Å². The third kappa shape index (κ3) is 2.55. The number of nitrogens with zero attached hydrogens (tertiary/aromatic N) is 1. The lowest BCUT2D eigenvalue weighted by atomic mass is 10.2. The summed E-state index contributed by atoms with van der Waals surface area (Å²) in [6.45, 7) is 0. The van der Waals surface area contributed by atoms with E-state index in [1.54, 1.807) is 0 Å². The average molecular weight is 293 g/mol. The maximum absolute atomic E-state index is 12.9. The van der Waals surface area contributed by atoms with E-state index in [1.807, 2.05) is 0 Å². The Hall–Kier alpha value is -2.90. The fourth-order valence-corrected chi connectivity index (χ4v) is 1.82. The summed E-state index contributed by atoms with van der Waals surface area (Å²) >= 11 is 0. The molecule has 3 rings (SSSR count). The van der Waals surface area contributed by atoms with E-state index in [9.17, 15) is 13.6 Å². The lowest BCUT2D eigenvalue weighted by Gasteiger charge is -2.07. The summed E-state index contributed by atoms with van der Waals surface area (Å²) in [6.07, 6.45) is -0.931. The molecule has 0 fully saturated rings. The molecule has 1 aliphatic rings. The highest BCUT2D eigenvalue weighted by atomic mass is 19.3. The van der Waals surface area contributed by atoms with E-state index in [-0.39, 0.29) is 28.4 Å². The SMILES string of the molecule is Nc1ccncc1C(=O)Nc1ccc2c(c1)OC(F)(F)O2. The first-order valence-electron chi connectivity index (χ1n) is 5.85. The van der Waals surface area contributed by atoms with Gasteiger partial charge in [0.15, 0.2) is 11.5 Å². The van der Waals surface area contributed by atoms with Crippen LogP contribution in [0.4, 0.5) is 20.2 Å². The molecule has 0 radical (unpaired) electrons. The predicted octanol–water partition coefficient (Wildman–Crippen LogP) is 2.24. The second-order valence-corrected chi connectivity index (χ2v) is 4.25. The van der Waals surface area contributed by atoms with Crippen LogP contribution < -0.4 is 20.5 Å². The van der Waals surface area contributed by atoms with Crippen LogP contribution in [0.2, 0.25) is 0 Å². The van der Waals surface area contributed by atoms with Gasteiger partial charge in [-0.3, -0.25) is 9.78 Å². The van der Waals surface area contributed by atoms with Gasteiger partial charge < -0.3 is 20.5 Å². The van der Waals surface area contributed by atoms with Gasteiger partial charge in [-0.05, 0) is 18.2 Å². The van der Waals surface area contributed by atoms with Crippen molar-refractivity contribution in [2.24, 2.45) is 0 Å². The first-order valence-corrected chi connectivity index (χ1v) is 5.85. The van der Waals surface area contributed by atoms with Crippen LogP contribution in [0.5, 0.6) is 11.5 Å². The maximum atomic E-state index is 12.9. The minimum Gasteiger partial charge on any atom is -0.398 e. The number of ether oxygens (including phenoxy) is 2. The van der Waals surface area contributed by atoms with Crippen molar-refractivity contribution in [3.63, 3.8) is 0 Å². The highest BCUT2D eigenvalue weighted by molar-refractivity contribution is 6.07. The molecule has 1 aliphatic heterocycles. The smallest absolute Gasteiger partial charge is 0.398 e. The molecule has 0 saturated heterocycles. The Kier molecular flexibility index (Phi) is 2.86. The number of amides is 1. The van der Waals surface area contributed by atoms with Crippen molar-refractivity contribution in [3.05, 3.63) is 42.2 Å². The van der Waals surface area contributed by atoms with Crippen molar-refractivity contribution >= 4 is 17.3 Å². The van der Waals surface area contributed by atoms with Crippen LogP contribution >= 0.6 is 0 Å². The zero-order chi connectivity index (χ0) is 15.0. The number of halogens is 2. The van der Waals surface area contributed by atoms with Gasteiger partial charge in [-0.15, -0.1) is 8.78 Å². The van der Waals surface area contributed by atoms with E-state index in [4.69, 9.17) is 5.73 Å². The number of carbonyl (C=O) groups is 1. The summed E-state index contributed by atoms with van der Waals surface area (Å²) in [7, 11) is 0. The molecule has 0 atom stereocenters. The maximum Gasteiger partial charge on any atom is 0.586 e. The largest absolute Gasteiger partial charge is 0.586 e. The molecule has 2 aromatic rings. The van der Waals surface area contributed by atoms with Gasteiger partial charge in [-0.2, -0.15) is 0 Å². The quantitative estimate of drug-likeness (QED) is 0.886. The summed E-state index contributed by atoms with van der Waals surface area (Å²) < 4.78 is 34.3. The Balaban J connectivity index is 1.81. The highest BCUT2D eigenvalue weighted by Gasteiger charge is 2.43. The average Bonchev–Trinajstić information content (AvgIpc) is 2.72. The van der Waals surface area contributed by atoms with E-state index in [2.05, 4.69) is 19.8 Å². The Bertz CT molecular complexity index is 722. The summed E-state index contributed by atoms with van der Waals surface area (Å²) in [5, 5.41) is 2.52. The number of aromatic nitrogens is 1. The summed E-state index contributed by atoms with van der Waals surface area (Å²) in [5.74, 6) is -0.762. The summed E-state index contributed by atoms with van der Waals surface area (Å²) in [4.78, 5) is 15.8. The summed E-state index contributed by atoms with van der Waals surface area (Å²) in [6, 6.07) is 5.41. The van der Waals surface area contributed by atoms with Crippen LogP contribution in [0.15, 0.2) is 36.7 Å². The van der Waals surface area contributed by atoms with E-state index in [1.165, 1.54) is 36.7 Å². The molecule has 0 unspecified atom stereocenters. The lowest BCUT2D eigenvalue weighted by Crippen LogP contribution is -2.25. The van der Waals surface area contributed by atoms with Gasteiger partial charge in [0.2, 0.25) is 0 Å². The molecule has 3 N–H and O–H groups in total. The number of nitrogens with one attached hydrogen (secondary N) is 1. The number of fused-ring (bicyclic) bond motifs is 1. The third-order valence-corrected chi connectivity index (χ3v) is 2.76. The van der Waals surface area contributed by atoms with E-state index in [0.29, 0.717) is 0 Å². The molecule has 21 heavy (non-hydrogen) atoms. The normalized spacial score (nSPS) is 14.8. The number of benzene rings is 1. The number of anilines is 2. The predicted molar refractivity (Wildman–Crippen MR) is 69.2 cm³/mol. The second kappa shape index (κ2) is 4.58. The number of hydrogen-bond acceptors (Lipinski definition) is 5. The minimum absolute atomic E-state index is 0.0982. The van der Waals surface area contributed by atoms with Gasteiger partial charge >= 0.3 is 6.29 Å². The van der Waals surface area contributed by atoms with E-state index in [0.717, 1.165) is 0 Å². The summed E-state index contributed by atoms with van der Waals surface area (Å²) in [5.41, 5.74) is 6.36. The lowest BCUT2D eigenvalue weighted by molar-refractivity contribution is -0.286. The molecule has 8 heteroatoms. The van der Waals surface area contributed by atoms with Gasteiger partial charge in [0, 0.05) is 29.8 Å². The van der Waals surface area contributed by atoms with Gasteiger partial charge in [0.1, 0.15) is 0 Å². The molecule has 0 bridgehead atoms. The number of carbonyl (C=O) groups excluding carboxylic acids is 1. The molecule has 1 aromatic carbocycles. The third-order valence-electron chi connectivity index (χ3n) is 2.76. The molecule has 1 aromatic heterocycles. The van der Waals surface area contributed by atoms with Crippen molar-refractivity contribution in [1.29, 1.82) is 0 Å². The fourth-order valence-electron chi connectivity index (χ4n) is 1.82. The molecule has 108 valence electrons. The molecule has 1 amide bonds. The number of rotatable bonds is 2. The Morgan fingerprint density at radius 2 is 2.00 bits per heavy atom. The molecular weight excluding hydrogens is 284 g/mol. The van der Waals surface area contributed by atoms with Crippen LogP contribution in [-0.2, 0) is 0 Å². The van der Waals surface area contributed by atoms with Crippen LogP contribution in [0.1, 0.15) is 10.4 Å². The van der Waals surface area contributed by atoms with Crippen LogP contribution in [0.3, 0.4) is 0 Å². The Labute approximate surface area is 117 Å². The zero-order valence-corrected chi connectivity index (χ0v) is 10.5. The van der Waals surface area contributed by atoms with Crippen molar-refractivity contribution in [2.75, 3.05) is 11.1 Å². The van der Waals surface area contributed by atoms with Crippen LogP contribution in [0.25, 0.3) is 0 Å². The van der Waals surface area contributed by atoms with Gasteiger partial charge in [-0.25, -0.2) is 0 Å². The minimum atomic E-state index is -3.70. The number of nitrogen functional groups attached to an aromatic ring is 1. The number of nitrogens with two attached hydrogens (primary N) is 1. The van der Waals surface area contributed by atoms with E-state index < -0.39 is 12.2 Å². The number of alkyl halides is 2. The van der Waals surface area contributed by atoms with Crippen LogP contribution in [-0.4, -0.2) is 17.2 Å². The number of pyridine rings is 1. The fraction of sp³-hybridized carbons (Fsp3) is 0.0769. The van der Waals surface area contributed by atoms with Crippen molar-refractivity contribution < 1.29 is 23.0 Å².